The number of carbonyl (C=O) groups is 3. The van der Waals surface area contributed by atoms with Gasteiger partial charge in [-0.15, -0.1) is 0 Å². The van der Waals surface area contributed by atoms with E-state index in [1.165, 1.54) is 12.1 Å². The number of carboxylic acids is 1. The summed E-state index contributed by atoms with van der Waals surface area (Å²) in [4.78, 5) is 36.1. The van der Waals surface area contributed by atoms with Crippen molar-refractivity contribution in [2.24, 2.45) is 5.92 Å². The lowest BCUT2D eigenvalue weighted by Crippen LogP contribution is -2.32. The van der Waals surface area contributed by atoms with Crippen molar-refractivity contribution in [2.45, 2.75) is 19.9 Å². The van der Waals surface area contributed by atoms with Crippen molar-refractivity contribution in [1.29, 1.82) is 0 Å². The molecule has 1 fully saturated rings. The molecule has 6 nitrogen and oxygen atoms in total. The van der Waals surface area contributed by atoms with Crippen LogP contribution in [0.3, 0.4) is 0 Å². The Morgan fingerprint density at radius 1 is 1.33 bits per heavy atom. The number of rotatable bonds is 5. The van der Waals surface area contributed by atoms with Gasteiger partial charge in [-0.3, -0.25) is 9.59 Å². The summed E-state index contributed by atoms with van der Waals surface area (Å²) in [7, 11) is 0. The second-order valence-corrected chi connectivity index (χ2v) is 5.07. The number of hydrogen-bond donors (Lipinski definition) is 2. The van der Waals surface area contributed by atoms with E-state index in [2.05, 4.69) is 5.32 Å². The van der Waals surface area contributed by atoms with Crippen LogP contribution in [-0.4, -0.2) is 40.9 Å². The lowest BCUT2D eigenvalue weighted by atomic mass is 10.1. The molecule has 0 saturated carbocycles. The average molecular weight is 290 g/mol. The molecule has 0 spiro atoms. The maximum atomic E-state index is 11.9. The maximum absolute atomic E-state index is 11.9. The first kappa shape index (κ1) is 15.0. The smallest absolute Gasteiger partial charge is 0.335 e. The van der Waals surface area contributed by atoms with Crippen LogP contribution in [0.2, 0.25) is 0 Å². The molecule has 2 rings (SSSR count). The van der Waals surface area contributed by atoms with Gasteiger partial charge in [-0.25, -0.2) is 4.79 Å². The minimum Gasteiger partial charge on any atom is -0.478 e. The largest absolute Gasteiger partial charge is 0.478 e. The van der Waals surface area contributed by atoms with E-state index in [4.69, 9.17) is 5.11 Å². The van der Waals surface area contributed by atoms with E-state index in [1.807, 2.05) is 6.92 Å². The SMILES string of the molecule is CCNC(=O)C1CC(=O)N(Cc2ccc(C(=O)O)cc2)C1. The molecule has 1 aromatic rings. The van der Waals surface area contributed by atoms with Gasteiger partial charge >= 0.3 is 5.97 Å². The fraction of sp³-hybridized carbons (Fsp3) is 0.400. The van der Waals surface area contributed by atoms with E-state index in [1.54, 1.807) is 17.0 Å². The third-order valence-corrected chi connectivity index (χ3v) is 3.51. The van der Waals surface area contributed by atoms with Gasteiger partial charge in [0.05, 0.1) is 11.5 Å². The number of hydrogen-bond acceptors (Lipinski definition) is 3. The quantitative estimate of drug-likeness (QED) is 0.842. The zero-order valence-corrected chi connectivity index (χ0v) is 11.8. The Hall–Kier alpha value is -2.37. The Balaban J connectivity index is 1.98. The van der Waals surface area contributed by atoms with Gasteiger partial charge in [-0.05, 0) is 24.6 Å². The first-order valence-corrected chi connectivity index (χ1v) is 6.89. The molecule has 0 radical (unpaired) electrons. The predicted molar refractivity (Wildman–Crippen MR) is 75.6 cm³/mol. The Labute approximate surface area is 122 Å². The van der Waals surface area contributed by atoms with Crippen molar-refractivity contribution in [3.63, 3.8) is 0 Å². The van der Waals surface area contributed by atoms with Gasteiger partial charge in [0, 0.05) is 26.1 Å². The van der Waals surface area contributed by atoms with Gasteiger partial charge in [-0.2, -0.15) is 0 Å². The molecule has 1 aliphatic rings. The van der Waals surface area contributed by atoms with Crippen LogP contribution in [0.1, 0.15) is 29.3 Å². The third-order valence-electron chi connectivity index (χ3n) is 3.51. The molecule has 1 unspecified atom stereocenters. The van der Waals surface area contributed by atoms with Crippen LogP contribution in [0.25, 0.3) is 0 Å². The van der Waals surface area contributed by atoms with Crippen molar-refractivity contribution in [2.75, 3.05) is 13.1 Å². The van der Waals surface area contributed by atoms with E-state index in [0.29, 0.717) is 19.6 Å². The van der Waals surface area contributed by atoms with Crippen molar-refractivity contribution in [3.8, 4) is 0 Å². The van der Waals surface area contributed by atoms with Gasteiger partial charge in [0.2, 0.25) is 11.8 Å². The fourth-order valence-corrected chi connectivity index (χ4v) is 2.39. The molecule has 1 aliphatic heterocycles. The molecule has 1 aromatic carbocycles. The first-order chi connectivity index (χ1) is 10.0. The second-order valence-electron chi connectivity index (χ2n) is 5.07. The van der Waals surface area contributed by atoms with Crippen LogP contribution in [0.15, 0.2) is 24.3 Å². The summed E-state index contributed by atoms with van der Waals surface area (Å²) in [6, 6.07) is 6.41. The number of carboxylic acid groups (broad SMARTS) is 1. The van der Waals surface area contributed by atoms with Crippen LogP contribution >= 0.6 is 0 Å². The Bertz CT molecular complexity index is 553. The number of likely N-dealkylation sites (tertiary alicyclic amines) is 1. The summed E-state index contributed by atoms with van der Waals surface area (Å²) in [6.07, 6.45) is 0.235. The third kappa shape index (κ3) is 3.59. The molecular formula is C15H18N2O4. The van der Waals surface area contributed by atoms with Crippen LogP contribution in [0.4, 0.5) is 0 Å². The molecule has 6 heteroatoms. The Morgan fingerprint density at radius 2 is 2.00 bits per heavy atom. The zero-order chi connectivity index (χ0) is 15.4. The van der Waals surface area contributed by atoms with Crippen molar-refractivity contribution in [1.82, 2.24) is 10.2 Å². The number of aromatic carboxylic acids is 1. The molecule has 1 atom stereocenters. The molecule has 0 aliphatic carbocycles. The summed E-state index contributed by atoms with van der Waals surface area (Å²) >= 11 is 0. The van der Waals surface area contributed by atoms with E-state index < -0.39 is 5.97 Å². The zero-order valence-electron chi connectivity index (χ0n) is 11.8. The molecule has 0 aromatic heterocycles. The van der Waals surface area contributed by atoms with Crippen LogP contribution in [0, 0.1) is 5.92 Å². The molecule has 2 N–H and O–H groups in total. The summed E-state index contributed by atoms with van der Waals surface area (Å²) < 4.78 is 0. The standard InChI is InChI=1S/C15H18N2O4/c1-2-16-14(19)12-7-13(18)17(9-12)8-10-3-5-11(6-4-10)15(20)21/h3-6,12H,2,7-9H2,1H3,(H,16,19)(H,20,21). The summed E-state index contributed by atoms with van der Waals surface area (Å²) in [5.41, 5.74) is 1.07. The fourth-order valence-electron chi connectivity index (χ4n) is 2.39. The number of amides is 2. The number of carbonyl (C=O) groups excluding carboxylic acids is 2. The van der Waals surface area contributed by atoms with Crippen LogP contribution < -0.4 is 5.32 Å². The number of benzene rings is 1. The highest BCUT2D eigenvalue weighted by Gasteiger charge is 2.33. The highest BCUT2D eigenvalue weighted by Crippen LogP contribution is 2.20. The van der Waals surface area contributed by atoms with E-state index >= 15 is 0 Å². The van der Waals surface area contributed by atoms with Gasteiger partial charge < -0.3 is 15.3 Å². The van der Waals surface area contributed by atoms with Gasteiger partial charge in [0.1, 0.15) is 0 Å². The summed E-state index contributed by atoms with van der Waals surface area (Å²) in [6.45, 7) is 3.20. The number of nitrogens with one attached hydrogen (secondary N) is 1. The Morgan fingerprint density at radius 3 is 2.57 bits per heavy atom. The Kier molecular flexibility index (Phi) is 4.57. The van der Waals surface area contributed by atoms with Crippen molar-refractivity contribution < 1.29 is 19.5 Å². The molecule has 0 bridgehead atoms. The molecule has 1 heterocycles. The van der Waals surface area contributed by atoms with E-state index in [9.17, 15) is 14.4 Å². The normalized spacial score (nSPS) is 17.9. The minimum atomic E-state index is -0.977. The summed E-state index contributed by atoms with van der Waals surface area (Å²) in [5, 5.41) is 11.6. The molecule has 2 amide bonds. The van der Waals surface area contributed by atoms with Crippen LogP contribution in [0.5, 0.6) is 0 Å². The van der Waals surface area contributed by atoms with E-state index in [-0.39, 0.29) is 29.7 Å². The topological polar surface area (TPSA) is 86.7 Å². The monoisotopic (exact) mass is 290 g/mol. The van der Waals surface area contributed by atoms with Gasteiger partial charge in [0.15, 0.2) is 0 Å². The van der Waals surface area contributed by atoms with E-state index in [0.717, 1.165) is 5.56 Å². The molecule has 21 heavy (non-hydrogen) atoms. The second kappa shape index (κ2) is 6.39. The average Bonchev–Trinajstić information content (AvgIpc) is 2.81. The molecule has 112 valence electrons. The van der Waals surface area contributed by atoms with Crippen molar-refractivity contribution in [3.05, 3.63) is 35.4 Å². The summed E-state index contributed by atoms with van der Waals surface area (Å²) in [5.74, 6) is -1.41. The highest BCUT2D eigenvalue weighted by atomic mass is 16.4. The molecule has 1 saturated heterocycles. The lowest BCUT2D eigenvalue weighted by Gasteiger charge is -2.16. The van der Waals surface area contributed by atoms with Crippen LogP contribution in [-0.2, 0) is 16.1 Å². The first-order valence-electron chi connectivity index (χ1n) is 6.89. The number of nitrogens with zero attached hydrogens (tertiary/aromatic N) is 1. The molecular weight excluding hydrogens is 272 g/mol. The minimum absolute atomic E-state index is 0.0476. The maximum Gasteiger partial charge on any atom is 0.335 e. The lowest BCUT2D eigenvalue weighted by molar-refractivity contribution is -0.129. The highest BCUT2D eigenvalue weighted by molar-refractivity contribution is 5.89. The van der Waals surface area contributed by atoms with Crippen molar-refractivity contribution >= 4 is 17.8 Å². The predicted octanol–water partition coefficient (Wildman–Crippen LogP) is 0.869. The van der Waals surface area contributed by atoms with Gasteiger partial charge in [0.25, 0.3) is 0 Å². The van der Waals surface area contributed by atoms with Gasteiger partial charge in [-0.1, -0.05) is 12.1 Å².